The van der Waals surface area contributed by atoms with E-state index in [0.29, 0.717) is 52.9 Å². The van der Waals surface area contributed by atoms with Gasteiger partial charge in [0.05, 0.1) is 55.4 Å². The molecule has 0 amide bonds. The predicted molar refractivity (Wildman–Crippen MR) is 154 cm³/mol. The van der Waals surface area contributed by atoms with Crippen LogP contribution in [0.4, 0.5) is 0 Å². The van der Waals surface area contributed by atoms with Gasteiger partial charge in [-0.1, -0.05) is 6.92 Å². The molecule has 0 aliphatic carbocycles. The van der Waals surface area contributed by atoms with Crippen LogP contribution in [0.3, 0.4) is 0 Å². The summed E-state index contributed by atoms with van der Waals surface area (Å²) in [4.78, 5) is 0. The minimum Gasteiger partial charge on any atom is -0.497 e. The standard InChI is InChI=1S/C30H46O12/c1-16(8-9-17-10-19(37-2)13-23(39-4)29(17)41-6)21(25(33)27(35)28(36)26(34)22(32)15-31)12-18-11-20(38-3)14-24(40-5)30(18)42-7/h10-11,13-14,16,21-22,25-28,31-36H,8-9,12,15H2,1-7H3/t16?,21?,22-,25?,26+,27+,28-/m0/s1. The van der Waals surface area contributed by atoms with Crippen LogP contribution in [0.5, 0.6) is 34.5 Å². The fourth-order valence-corrected chi connectivity index (χ4v) is 5.11. The molecule has 0 aliphatic rings. The van der Waals surface area contributed by atoms with Crippen molar-refractivity contribution in [2.45, 2.75) is 56.7 Å². The highest BCUT2D eigenvalue weighted by molar-refractivity contribution is 5.53. The SMILES string of the molecule is COc1cc(CCC(C)C(Cc2cc(OC)cc(OC)c2OC)C(O)[C@@H](O)[C@@H](O)[C@H](O)[C@@H](O)CO)c(OC)c(OC)c1. The second-order valence-electron chi connectivity index (χ2n) is 10.1. The molecule has 0 saturated carbocycles. The highest BCUT2D eigenvalue weighted by Crippen LogP contribution is 2.41. The monoisotopic (exact) mass is 598 g/mol. The molecule has 0 aromatic heterocycles. The van der Waals surface area contributed by atoms with Gasteiger partial charge < -0.3 is 59.1 Å². The molecule has 42 heavy (non-hydrogen) atoms. The fourth-order valence-electron chi connectivity index (χ4n) is 5.11. The molecule has 238 valence electrons. The molecule has 0 aliphatic heterocycles. The van der Waals surface area contributed by atoms with Crippen molar-refractivity contribution in [3.63, 3.8) is 0 Å². The summed E-state index contributed by atoms with van der Waals surface area (Å²) < 4.78 is 33.0. The van der Waals surface area contributed by atoms with Crippen molar-refractivity contribution in [1.29, 1.82) is 0 Å². The number of aliphatic hydroxyl groups excluding tert-OH is 6. The third kappa shape index (κ3) is 8.30. The maximum atomic E-state index is 11.4. The first-order valence-electron chi connectivity index (χ1n) is 13.6. The molecule has 12 nitrogen and oxygen atoms in total. The van der Waals surface area contributed by atoms with Gasteiger partial charge >= 0.3 is 0 Å². The van der Waals surface area contributed by atoms with E-state index in [9.17, 15) is 30.6 Å². The van der Waals surface area contributed by atoms with E-state index in [-0.39, 0.29) is 12.3 Å². The van der Waals surface area contributed by atoms with Gasteiger partial charge in [0, 0.05) is 23.3 Å². The first kappa shape index (κ1) is 35.2. The van der Waals surface area contributed by atoms with Gasteiger partial charge in [0.25, 0.3) is 0 Å². The summed E-state index contributed by atoms with van der Waals surface area (Å²) in [5, 5.41) is 62.2. The van der Waals surface area contributed by atoms with E-state index in [1.165, 1.54) is 35.5 Å². The highest BCUT2D eigenvalue weighted by atomic mass is 16.5. The lowest BCUT2D eigenvalue weighted by Crippen LogP contribution is -2.52. The number of aryl methyl sites for hydroxylation is 1. The van der Waals surface area contributed by atoms with Gasteiger partial charge in [0.1, 0.15) is 35.9 Å². The number of hydrogen-bond acceptors (Lipinski definition) is 12. The average molecular weight is 599 g/mol. The topological polar surface area (TPSA) is 177 Å². The largest absolute Gasteiger partial charge is 0.497 e. The molecule has 2 aromatic carbocycles. The zero-order valence-electron chi connectivity index (χ0n) is 25.3. The normalized spacial score (nSPS) is 16.4. The Balaban J connectivity index is 2.50. The zero-order valence-corrected chi connectivity index (χ0v) is 25.3. The number of methoxy groups -OCH3 is 6. The third-order valence-corrected chi connectivity index (χ3v) is 7.66. The molecular weight excluding hydrogens is 552 g/mol. The van der Waals surface area contributed by atoms with Crippen LogP contribution in [-0.4, -0.2) is 110 Å². The molecule has 0 bridgehead atoms. The van der Waals surface area contributed by atoms with Crippen molar-refractivity contribution in [3.05, 3.63) is 35.4 Å². The van der Waals surface area contributed by atoms with E-state index in [2.05, 4.69) is 0 Å². The maximum absolute atomic E-state index is 11.4. The summed E-state index contributed by atoms with van der Waals surface area (Å²) in [5.41, 5.74) is 1.42. The quantitative estimate of drug-likeness (QED) is 0.144. The van der Waals surface area contributed by atoms with Crippen molar-refractivity contribution in [2.24, 2.45) is 11.8 Å². The zero-order chi connectivity index (χ0) is 31.6. The Hall–Kier alpha value is -3.00. The predicted octanol–water partition coefficient (Wildman–Crippen LogP) is 0.963. The van der Waals surface area contributed by atoms with Crippen LogP contribution < -0.4 is 28.4 Å². The number of hydrogen-bond donors (Lipinski definition) is 6. The smallest absolute Gasteiger partial charge is 0.164 e. The molecule has 12 heteroatoms. The number of ether oxygens (including phenoxy) is 6. The fraction of sp³-hybridized carbons (Fsp3) is 0.600. The van der Waals surface area contributed by atoms with E-state index in [1.807, 2.05) is 13.0 Å². The van der Waals surface area contributed by atoms with Gasteiger partial charge in [-0.25, -0.2) is 0 Å². The lowest BCUT2D eigenvalue weighted by molar-refractivity contribution is -0.152. The molecule has 0 fully saturated rings. The van der Waals surface area contributed by atoms with Gasteiger partial charge in [0.2, 0.25) is 0 Å². The molecule has 6 N–H and O–H groups in total. The molecule has 0 radical (unpaired) electrons. The number of rotatable bonds is 18. The number of benzene rings is 2. The lowest BCUT2D eigenvalue weighted by Gasteiger charge is -2.35. The van der Waals surface area contributed by atoms with Gasteiger partial charge in [-0.05, 0) is 43.2 Å². The van der Waals surface area contributed by atoms with Crippen LogP contribution >= 0.6 is 0 Å². The Kier molecular flexibility index (Phi) is 13.9. The lowest BCUT2D eigenvalue weighted by atomic mass is 9.77. The minimum absolute atomic E-state index is 0.153. The molecule has 0 saturated heterocycles. The summed E-state index contributed by atoms with van der Waals surface area (Å²) in [6.07, 6.45) is -7.86. The van der Waals surface area contributed by atoms with Crippen LogP contribution in [0.1, 0.15) is 24.5 Å². The van der Waals surface area contributed by atoms with Crippen molar-refractivity contribution < 1.29 is 59.1 Å². The van der Waals surface area contributed by atoms with E-state index in [0.717, 1.165) is 5.56 Å². The Labute approximate surface area is 247 Å². The number of aliphatic hydroxyl groups is 6. The van der Waals surface area contributed by atoms with Crippen LogP contribution in [-0.2, 0) is 12.8 Å². The molecule has 0 heterocycles. The van der Waals surface area contributed by atoms with Crippen LogP contribution in [0.15, 0.2) is 24.3 Å². The Morgan fingerprint density at radius 2 is 1.07 bits per heavy atom. The summed E-state index contributed by atoms with van der Waals surface area (Å²) in [5.74, 6) is 1.91. The van der Waals surface area contributed by atoms with Crippen molar-refractivity contribution in [2.75, 3.05) is 49.3 Å². The van der Waals surface area contributed by atoms with Crippen LogP contribution in [0, 0.1) is 11.8 Å². The molecule has 7 atom stereocenters. The molecule has 3 unspecified atom stereocenters. The van der Waals surface area contributed by atoms with Gasteiger partial charge in [0.15, 0.2) is 23.0 Å². The summed E-state index contributed by atoms with van der Waals surface area (Å²) in [6.45, 7) is 1.05. The average Bonchev–Trinajstić information content (AvgIpc) is 3.02. The van der Waals surface area contributed by atoms with Crippen LogP contribution in [0.2, 0.25) is 0 Å². The Morgan fingerprint density at radius 1 is 0.595 bits per heavy atom. The Bertz CT molecular complexity index is 1110. The summed E-state index contributed by atoms with van der Waals surface area (Å²) in [7, 11) is 9.08. The molecule has 0 spiro atoms. The van der Waals surface area contributed by atoms with Crippen molar-refractivity contribution in [1.82, 2.24) is 0 Å². The summed E-state index contributed by atoms with van der Waals surface area (Å²) in [6, 6.07) is 6.94. The van der Waals surface area contributed by atoms with Gasteiger partial charge in [-0.15, -0.1) is 0 Å². The van der Waals surface area contributed by atoms with Crippen molar-refractivity contribution >= 4 is 0 Å². The van der Waals surface area contributed by atoms with Crippen molar-refractivity contribution in [3.8, 4) is 34.5 Å². The molecule has 2 rings (SSSR count). The first-order chi connectivity index (χ1) is 20.0. The van der Waals surface area contributed by atoms with E-state index >= 15 is 0 Å². The van der Waals surface area contributed by atoms with Gasteiger partial charge in [-0.3, -0.25) is 0 Å². The summed E-state index contributed by atoms with van der Waals surface area (Å²) >= 11 is 0. The maximum Gasteiger partial charge on any atom is 0.164 e. The first-order valence-corrected chi connectivity index (χ1v) is 13.6. The van der Waals surface area contributed by atoms with E-state index < -0.39 is 43.0 Å². The Morgan fingerprint density at radius 3 is 1.52 bits per heavy atom. The molecule has 2 aromatic rings. The van der Waals surface area contributed by atoms with Crippen LogP contribution in [0.25, 0.3) is 0 Å². The second kappa shape index (κ2) is 16.6. The molecular formula is C30H46O12. The highest BCUT2D eigenvalue weighted by Gasteiger charge is 2.39. The van der Waals surface area contributed by atoms with E-state index in [4.69, 9.17) is 28.4 Å². The van der Waals surface area contributed by atoms with Gasteiger partial charge in [-0.2, -0.15) is 0 Å². The van der Waals surface area contributed by atoms with E-state index in [1.54, 1.807) is 25.3 Å². The minimum atomic E-state index is -1.94. The second-order valence-corrected chi connectivity index (χ2v) is 10.1. The third-order valence-electron chi connectivity index (χ3n) is 7.66.